The van der Waals surface area contributed by atoms with Crippen LogP contribution < -0.4 is 5.32 Å². The number of nitrogens with zero attached hydrogens (tertiary/aromatic N) is 1. The predicted molar refractivity (Wildman–Crippen MR) is 82.4 cm³/mol. The zero-order valence-electron chi connectivity index (χ0n) is 13.0. The van der Waals surface area contributed by atoms with Crippen LogP contribution in [0.25, 0.3) is 0 Å². The number of amides is 1. The van der Waals surface area contributed by atoms with Crippen LogP contribution in [0.4, 0.5) is 0 Å². The van der Waals surface area contributed by atoms with E-state index in [2.05, 4.69) is 55.3 Å². The summed E-state index contributed by atoms with van der Waals surface area (Å²) in [4.78, 5) is 14.6. The first-order valence-corrected chi connectivity index (χ1v) is 7.73. The highest BCUT2D eigenvalue weighted by Crippen LogP contribution is 2.30. The number of rotatable bonds is 5. The fourth-order valence-electron chi connectivity index (χ4n) is 3.10. The maximum atomic E-state index is 12.5. The zero-order chi connectivity index (χ0) is 14.7. The lowest BCUT2D eigenvalue weighted by Gasteiger charge is -2.32. The molecule has 0 spiro atoms. The summed E-state index contributed by atoms with van der Waals surface area (Å²) < 4.78 is 0. The molecule has 1 aromatic carbocycles. The van der Waals surface area contributed by atoms with Crippen molar-refractivity contribution in [3.63, 3.8) is 0 Å². The molecule has 110 valence electrons. The lowest BCUT2D eigenvalue weighted by atomic mass is 10.0. The third-order valence-electron chi connectivity index (χ3n) is 4.16. The van der Waals surface area contributed by atoms with E-state index < -0.39 is 0 Å². The van der Waals surface area contributed by atoms with Gasteiger partial charge in [-0.3, -0.25) is 10.1 Å². The van der Waals surface area contributed by atoms with Crippen molar-refractivity contribution in [2.24, 2.45) is 0 Å². The van der Waals surface area contributed by atoms with E-state index in [-0.39, 0.29) is 18.1 Å². The maximum Gasteiger partial charge on any atom is 0.241 e. The highest BCUT2D eigenvalue weighted by Gasteiger charge is 2.40. The summed E-state index contributed by atoms with van der Waals surface area (Å²) in [6, 6.07) is 8.69. The van der Waals surface area contributed by atoms with Crippen LogP contribution in [-0.2, 0) is 4.79 Å². The van der Waals surface area contributed by atoms with Crippen molar-refractivity contribution in [2.45, 2.75) is 65.2 Å². The van der Waals surface area contributed by atoms with E-state index in [9.17, 15) is 4.79 Å². The van der Waals surface area contributed by atoms with Crippen molar-refractivity contribution in [1.82, 2.24) is 10.2 Å². The Labute approximate surface area is 122 Å². The summed E-state index contributed by atoms with van der Waals surface area (Å²) in [6.07, 6.45) is 3.21. The Morgan fingerprint density at radius 2 is 2.10 bits per heavy atom. The Kier molecular flexibility index (Phi) is 4.81. The molecule has 1 saturated heterocycles. The molecule has 3 unspecified atom stereocenters. The van der Waals surface area contributed by atoms with Crippen molar-refractivity contribution in [3.05, 3.63) is 35.4 Å². The second kappa shape index (κ2) is 6.40. The molecule has 1 N–H and O–H groups in total. The molecule has 0 saturated carbocycles. The smallest absolute Gasteiger partial charge is 0.241 e. The molecule has 1 amide bonds. The Morgan fingerprint density at radius 1 is 1.35 bits per heavy atom. The van der Waals surface area contributed by atoms with Crippen molar-refractivity contribution < 1.29 is 4.79 Å². The van der Waals surface area contributed by atoms with Gasteiger partial charge >= 0.3 is 0 Å². The third-order valence-corrected chi connectivity index (χ3v) is 4.16. The largest absolute Gasteiger partial charge is 0.319 e. The fraction of sp³-hybridized carbons (Fsp3) is 0.588. The van der Waals surface area contributed by atoms with Gasteiger partial charge in [0.05, 0.1) is 6.04 Å². The maximum absolute atomic E-state index is 12.5. The number of hydrogen-bond acceptors (Lipinski definition) is 2. The van der Waals surface area contributed by atoms with E-state index in [1.54, 1.807) is 0 Å². The monoisotopic (exact) mass is 274 g/mol. The first kappa shape index (κ1) is 15.0. The first-order valence-electron chi connectivity index (χ1n) is 7.73. The van der Waals surface area contributed by atoms with Gasteiger partial charge in [0.2, 0.25) is 5.91 Å². The molecule has 0 bridgehead atoms. The van der Waals surface area contributed by atoms with Gasteiger partial charge in [0, 0.05) is 6.04 Å². The van der Waals surface area contributed by atoms with E-state index in [4.69, 9.17) is 0 Å². The molecule has 1 heterocycles. The average Bonchev–Trinajstić information content (AvgIpc) is 2.73. The Bertz CT molecular complexity index is 472. The quantitative estimate of drug-likeness (QED) is 0.892. The van der Waals surface area contributed by atoms with E-state index in [1.165, 1.54) is 11.1 Å². The van der Waals surface area contributed by atoms with Crippen LogP contribution in [-0.4, -0.2) is 22.9 Å². The highest BCUT2D eigenvalue weighted by molar-refractivity contribution is 5.84. The highest BCUT2D eigenvalue weighted by atomic mass is 16.2. The van der Waals surface area contributed by atoms with Gasteiger partial charge in [-0.05, 0) is 32.3 Å². The second-order valence-corrected chi connectivity index (χ2v) is 5.80. The summed E-state index contributed by atoms with van der Waals surface area (Å²) >= 11 is 0. The Balaban J connectivity index is 2.32. The molecular formula is C17H26N2O. The van der Waals surface area contributed by atoms with Gasteiger partial charge in [-0.25, -0.2) is 0 Å². The molecule has 0 aliphatic carbocycles. The van der Waals surface area contributed by atoms with Gasteiger partial charge in [0.15, 0.2) is 0 Å². The second-order valence-electron chi connectivity index (χ2n) is 5.80. The summed E-state index contributed by atoms with van der Waals surface area (Å²) in [5.74, 6) is 0.233. The van der Waals surface area contributed by atoms with Crippen molar-refractivity contribution in [3.8, 4) is 0 Å². The van der Waals surface area contributed by atoms with Crippen LogP contribution in [0.3, 0.4) is 0 Å². The molecule has 1 aliphatic rings. The van der Waals surface area contributed by atoms with Crippen molar-refractivity contribution in [2.75, 3.05) is 0 Å². The van der Waals surface area contributed by atoms with Crippen LogP contribution in [0, 0.1) is 6.92 Å². The zero-order valence-corrected chi connectivity index (χ0v) is 13.0. The third kappa shape index (κ3) is 2.88. The van der Waals surface area contributed by atoms with Crippen LogP contribution in [0.15, 0.2) is 24.3 Å². The number of aryl methyl sites for hydroxylation is 1. The number of nitrogens with one attached hydrogen (secondary N) is 1. The predicted octanol–water partition coefficient (Wildman–Crippen LogP) is 3.39. The molecule has 0 aromatic heterocycles. The lowest BCUT2D eigenvalue weighted by molar-refractivity contribution is -0.132. The summed E-state index contributed by atoms with van der Waals surface area (Å²) in [5.41, 5.74) is 2.43. The fourth-order valence-corrected chi connectivity index (χ4v) is 3.10. The molecule has 1 aromatic rings. The van der Waals surface area contributed by atoms with Gasteiger partial charge in [0.25, 0.3) is 0 Å². The first-order chi connectivity index (χ1) is 9.58. The van der Waals surface area contributed by atoms with E-state index in [1.807, 2.05) is 6.92 Å². The molecule has 1 fully saturated rings. The number of carbonyl (C=O) groups excluding carboxylic acids is 1. The van der Waals surface area contributed by atoms with Gasteiger partial charge < -0.3 is 4.90 Å². The molecule has 20 heavy (non-hydrogen) atoms. The SMILES string of the molecule is CCCC(CC)N1C(=O)C(C)NC1c1cccc(C)c1. The summed E-state index contributed by atoms with van der Waals surface area (Å²) in [5, 5.41) is 3.45. The van der Waals surface area contributed by atoms with Gasteiger partial charge in [-0.15, -0.1) is 0 Å². The van der Waals surface area contributed by atoms with Gasteiger partial charge in [-0.2, -0.15) is 0 Å². The topological polar surface area (TPSA) is 32.3 Å². The number of benzene rings is 1. The Hall–Kier alpha value is -1.35. The van der Waals surface area contributed by atoms with Gasteiger partial charge in [-0.1, -0.05) is 50.1 Å². The molecule has 1 aliphatic heterocycles. The molecule has 3 heteroatoms. The van der Waals surface area contributed by atoms with Crippen molar-refractivity contribution in [1.29, 1.82) is 0 Å². The summed E-state index contributed by atoms with van der Waals surface area (Å²) in [7, 11) is 0. The normalized spacial score (nSPS) is 24.2. The van der Waals surface area contributed by atoms with E-state index in [0.717, 1.165) is 19.3 Å². The summed E-state index contributed by atoms with van der Waals surface area (Å²) in [6.45, 7) is 8.41. The van der Waals surface area contributed by atoms with Crippen LogP contribution in [0.2, 0.25) is 0 Å². The average molecular weight is 274 g/mol. The van der Waals surface area contributed by atoms with Crippen LogP contribution in [0.1, 0.15) is 57.3 Å². The number of hydrogen-bond donors (Lipinski definition) is 1. The van der Waals surface area contributed by atoms with Crippen LogP contribution in [0.5, 0.6) is 0 Å². The molecule has 2 rings (SSSR count). The molecule has 3 nitrogen and oxygen atoms in total. The number of carbonyl (C=O) groups is 1. The van der Waals surface area contributed by atoms with Crippen LogP contribution >= 0.6 is 0 Å². The lowest BCUT2D eigenvalue weighted by Crippen LogP contribution is -2.39. The standard InChI is InChI=1S/C17H26N2O/c1-5-8-15(6-2)19-16(18-13(4)17(19)20)14-10-7-9-12(3)11-14/h7,9-11,13,15-16,18H,5-6,8H2,1-4H3. The molecular weight excluding hydrogens is 248 g/mol. The Morgan fingerprint density at radius 3 is 2.70 bits per heavy atom. The van der Waals surface area contributed by atoms with E-state index >= 15 is 0 Å². The van der Waals surface area contributed by atoms with E-state index in [0.29, 0.717) is 6.04 Å². The minimum absolute atomic E-state index is 0.0221. The molecule has 0 radical (unpaired) electrons. The van der Waals surface area contributed by atoms with Crippen molar-refractivity contribution >= 4 is 5.91 Å². The molecule has 3 atom stereocenters. The minimum Gasteiger partial charge on any atom is -0.319 e. The minimum atomic E-state index is -0.0913. The van der Waals surface area contributed by atoms with Gasteiger partial charge in [0.1, 0.15) is 6.17 Å².